The number of fused-ring (bicyclic) bond motifs is 1. The molecule has 0 bridgehead atoms. The van der Waals surface area contributed by atoms with E-state index in [1.165, 1.54) is 16.7 Å². The molecule has 0 amide bonds. The molecule has 1 nitrogen and oxygen atoms in total. The van der Waals surface area contributed by atoms with Gasteiger partial charge in [-0.25, -0.2) is 0 Å². The lowest BCUT2D eigenvalue weighted by molar-refractivity contribution is 0.444. The molecule has 1 aliphatic carbocycles. The first-order chi connectivity index (χ1) is 7.22. The number of hydrogen-bond donors (Lipinski definition) is 2. The molecule has 1 unspecified atom stereocenters. The van der Waals surface area contributed by atoms with Crippen molar-refractivity contribution in [3.8, 4) is 0 Å². The van der Waals surface area contributed by atoms with E-state index in [0.29, 0.717) is 12.0 Å². The average Bonchev–Trinajstić information content (AvgIpc) is 2.27. The molecule has 0 saturated heterocycles. The van der Waals surface area contributed by atoms with Crippen LogP contribution in [0.3, 0.4) is 0 Å². The average molecular weight is 219 g/mol. The van der Waals surface area contributed by atoms with Gasteiger partial charge in [-0.3, -0.25) is 4.72 Å². The molecule has 15 heavy (non-hydrogen) atoms. The fourth-order valence-electron chi connectivity index (χ4n) is 2.32. The van der Waals surface area contributed by atoms with E-state index in [2.05, 4.69) is 55.3 Å². The third-order valence-electron chi connectivity index (χ3n) is 3.27. The van der Waals surface area contributed by atoms with E-state index in [-0.39, 0.29) is 0 Å². The van der Waals surface area contributed by atoms with Crippen LogP contribution in [0.4, 0.5) is 0 Å². The van der Waals surface area contributed by atoms with Crippen molar-refractivity contribution in [2.45, 2.75) is 25.8 Å². The number of hydrogen-bond acceptors (Lipinski definition) is 2. The highest BCUT2D eigenvalue weighted by molar-refractivity contribution is 7.78. The Balaban J connectivity index is 2.34. The predicted molar refractivity (Wildman–Crippen MR) is 67.9 cm³/mol. The second kappa shape index (κ2) is 4.42. The van der Waals surface area contributed by atoms with E-state index >= 15 is 0 Å². The van der Waals surface area contributed by atoms with Crippen LogP contribution >= 0.6 is 12.8 Å². The smallest absolute Gasteiger partial charge is 0.0427 e. The molecule has 0 radical (unpaired) electrons. The first-order valence-corrected chi connectivity index (χ1v) is 5.80. The van der Waals surface area contributed by atoms with Gasteiger partial charge in [0.25, 0.3) is 0 Å². The summed E-state index contributed by atoms with van der Waals surface area (Å²) in [6, 6.07) is 8.97. The summed E-state index contributed by atoms with van der Waals surface area (Å²) in [4.78, 5) is 0. The third-order valence-corrected chi connectivity index (χ3v) is 3.58. The summed E-state index contributed by atoms with van der Waals surface area (Å²) in [5.74, 6) is 0.588. The van der Waals surface area contributed by atoms with E-state index in [9.17, 15) is 0 Å². The largest absolute Gasteiger partial charge is 0.259 e. The van der Waals surface area contributed by atoms with Crippen molar-refractivity contribution in [2.75, 3.05) is 0 Å². The van der Waals surface area contributed by atoms with E-state index in [4.69, 9.17) is 0 Å². The predicted octanol–water partition coefficient (Wildman–Crippen LogP) is 3.30. The lowest BCUT2D eigenvalue weighted by Crippen LogP contribution is -2.24. The van der Waals surface area contributed by atoms with Crippen molar-refractivity contribution < 1.29 is 0 Å². The second-order valence-corrected chi connectivity index (χ2v) is 4.62. The Morgan fingerprint density at radius 3 is 2.87 bits per heavy atom. The summed E-state index contributed by atoms with van der Waals surface area (Å²) in [5.41, 5.74) is 4.10. The van der Waals surface area contributed by atoms with Crippen molar-refractivity contribution in [2.24, 2.45) is 5.92 Å². The number of benzene rings is 1. The van der Waals surface area contributed by atoms with Crippen LogP contribution in [-0.2, 0) is 6.42 Å². The van der Waals surface area contributed by atoms with E-state index in [1.54, 1.807) is 0 Å². The van der Waals surface area contributed by atoms with Crippen molar-refractivity contribution >= 4 is 12.8 Å². The quantitative estimate of drug-likeness (QED) is 0.574. The molecule has 1 aromatic rings. The summed E-state index contributed by atoms with van der Waals surface area (Å²) >= 11 is 4.22. The minimum Gasteiger partial charge on any atom is -0.259 e. The summed E-state index contributed by atoms with van der Waals surface area (Å²) in [5, 5.41) is 0. The SMILES string of the molecule is C=C(C)[C@@H]1Cc2ccccc2C(NS)C1. The van der Waals surface area contributed by atoms with E-state index < -0.39 is 0 Å². The van der Waals surface area contributed by atoms with Gasteiger partial charge in [0, 0.05) is 6.04 Å². The summed E-state index contributed by atoms with van der Waals surface area (Å²) in [6.07, 6.45) is 2.23. The molecule has 2 heteroatoms. The maximum atomic E-state index is 4.22. The van der Waals surface area contributed by atoms with Gasteiger partial charge < -0.3 is 0 Å². The van der Waals surface area contributed by atoms with Gasteiger partial charge in [-0.1, -0.05) is 49.2 Å². The van der Waals surface area contributed by atoms with Crippen LogP contribution in [0.2, 0.25) is 0 Å². The Hall–Kier alpha value is -0.730. The summed E-state index contributed by atoms with van der Waals surface area (Å²) in [7, 11) is 0. The number of allylic oxidation sites excluding steroid dienone is 1. The van der Waals surface area contributed by atoms with Gasteiger partial charge in [-0.2, -0.15) is 0 Å². The topological polar surface area (TPSA) is 12.0 Å². The maximum Gasteiger partial charge on any atom is 0.0427 e. The molecule has 0 heterocycles. The first kappa shape index (κ1) is 10.8. The minimum atomic E-state index is 0.361. The fourth-order valence-corrected chi connectivity index (χ4v) is 2.56. The molecule has 1 aliphatic rings. The molecule has 1 aromatic carbocycles. The van der Waals surface area contributed by atoms with Crippen LogP contribution in [-0.4, -0.2) is 0 Å². The molecule has 2 atom stereocenters. The monoisotopic (exact) mass is 219 g/mol. The minimum absolute atomic E-state index is 0.361. The van der Waals surface area contributed by atoms with Gasteiger partial charge in [0.2, 0.25) is 0 Å². The van der Waals surface area contributed by atoms with Crippen LogP contribution in [0.15, 0.2) is 36.4 Å². The number of thiol groups is 1. The molecule has 2 rings (SSSR count). The van der Waals surface area contributed by atoms with Gasteiger partial charge in [0.1, 0.15) is 0 Å². The summed E-state index contributed by atoms with van der Waals surface area (Å²) < 4.78 is 3.10. The molecule has 0 fully saturated rings. The molecule has 0 aliphatic heterocycles. The Bertz CT molecular complexity index is 373. The third kappa shape index (κ3) is 2.11. The lowest BCUT2D eigenvalue weighted by Gasteiger charge is -2.31. The van der Waals surface area contributed by atoms with Crippen LogP contribution in [0.5, 0.6) is 0 Å². The lowest BCUT2D eigenvalue weighted by atomic mass is 9.78. The van der Waals surface area contributed by atoms with Crippen LogP contribution in [0, 0.1) is 5.92 Å². The fraction of sp³-hybridized carbons (Fsp3) is 0.385. The van der Waals surface area contributed by atoms with Gasteiger partial charge in [-0.05, 0) is 36.8 Å². The van der Waals surface area contributed by atoms with Gasteiger partial charge in [0.15, 0.2) is 0 Å². The Morgan fingerprint density at radius 1 is 1.47 bits per heavy atom. The zero-order valence-corrected chi connectivity index (χ0v) is 9.93. The number of rotatable bonds is 2. The van der Waals surface area contributed by atoms with Gasteiger partial charge in [-0.15, -0.1) is 0 Å². The zero-order chi connectivity index (χ0) is 10.8. The Morgan fingerprint density at radius 2 is 2.20 bits per heavy atom. The second-order valence-electron chi connectivity index (χ2n) is 4.36. The van der Waals surface area contributed by atoms with Crippen molar-refractivity contribution in [1.82, 2.24) is 4.72 Å². The van der Waals surface area contributed by atoms with Gasteiger partial charge in [0.05, 0.1) is 0 Å². The highest BCUT2D eigenvalue weighted by Gasteiger charge is 2.25. The van der Waals surface area contributed by atoms with Crippen molar-refractivity contribution in [1.29, 1.82) is 0 Å². The highest BCUT2D eigenvalue weighted by Crippen LogP contribution is 2.36. The molecular formula is C13H17NS. The van der Waals surface area contributed by atoms with Crippen molar-refractivity contribution in [3.05, 3.63) is 47.5 Å². The van der Waals surface area contributed by atoms with E-state index in [1.807, 2.05) is 0 Å². The Labute approximate surface area is 97.1 Å². The molecule has 80 valence electrons. The molecule has 1 N–H and O–H groups in total. The standard InChI is InChI=1S/C13H17NS/c1-9(2)11-7-10-5-3-4-6-12(10)13(8-11)14-15/h3-6,11,13-15H,1,7-8H2,2H3/t11-,13?/m1/s1. The molecule has 0 aromatic heterocycles. The summed E-state index contributed by atoms with van der Waals surface area (Å²) in [6.45, 7) is 6.19. The Kier molecular flexibility index (Phi) is 3.17. The first-order valence-electron chi connectivity index (χ1n) is 5.35. The molecular weight excluding hydrogens is 202 g/mol. The van der Waals surface area contributed by atoms with Crippen molar-refractivity contribution in [3.63, 3.8) is 0 Å². The number of nitrogens with one attached hydrogen (secondary N) is 1. The normalized spacial score (nSPS) is 24.7. The molecule has 0 saturated carbocycles. The zero-order valence-electron chi connectivity index (χ0n) is 9.03. The van der Waals surface area contributed by atoms with Crippen LogP contribution in [0.25, 0.3) is 0 Å². The van der Waals surface area contributed by atoms with Gasteiger partial charge >= 0.3 is 0 Å². The van der Waals surface area contributed by atoms with Crippen LogP contribution in [0.1, 0.15) is 30.5 Å². The maximum absolute atomic E-state index is 4.22. The molecule has 0 spiro atoms. The van der Waals surface area contributed by atoms with Crippen LogP contribution < -0.4 is 4.72 Å². The van der Waals surface area contributed by atoms with E-state index in [0.717, 1.165) is 12.8 Å². The highest BCUT2D eigenvalue weighted by atomic mass is 32.1.